The number of hydrogen-bond acceptors (Lipinski definition) is 4. The van der Waals surface area contributed by atoms with Gasteiger partial charge in [-0.3, -0.25) is 4.79 Å². The lowest BCUT2D eigenvalue weighted by Gasteiger charge is -2.46. The van der Waals surface area contributed by atoms with Crippen molar-refractivity contribution in [1.29, 1.82) is 0 Å². The fourth-order valence-electron chi connectivity index (χ4n) is 2.77. The van der Waals surface area contributed by atoms with Gasteiger partial charge in [0, 0.05) is 19.0 Å². The van der Waals surface area contributed by atoms with E-state index in [1.54, 1.807) is 4.90 Å². The van der Waals surface area contributed by atoms with Gasteiger partial charge in [0.1, 0.15) is 5.60 Å². The molecule has 0 bridgehead atoms. The summed E-state index contributed by atoms with van der Waals surface area (Å²) in [6.45, 7) is 4.40. The van der Waals surface area contributed by atoms with Gasteiger partial charge in [-0.15, -0.1) is 0 Å². The Kier molecular flexibility index (Phi) is 3.02. The number of fused-ring (bicyclic) bond motifs is 1. The number of hydrogen-bond donors (Lipinski definition) is 0. The van der Waals surface area contributed by atoms with Gasteiger partial charge in [-0.25, -0.2) is 4.79 Å². The molecule has 0 aromatic heterocycles. The van der Waals surface area contributed by atoms with Crippen LogP contribution in [0.2, 0.25) is 0 Å². The number of amides is 1. The summed E-state index contributed by atoms with van der Waals surface area (Å²) in [6, 6.07) is 0.101. The smallest absolute Gasteiger partial charge is 0.410 e. The van der Waals surface area contributed by atoms with Gasteiger partial charge in [-0.05, 0) is 26.7 Å². The van der Waals surface area contributed by atoms with Crippen molar-refractivity contribution in [3.8, 4) is 0 Å². The van der Waals surface area contributed by atoms with Gasteiger partial charge < -0.3 is 14.4 Å². The quantitative estimate of drug-likeness (QED) is 0.654. The lowest BCUT2D eigenvalue weighted by atomic mass is 9.84. The molecule has 2 aliphatic rings. The first-order chi connectivity index (χ1) is 7.93. The molecular formula is C12H19NO4. The molecule has 2 aliphatic heterocycles. The number of methoxy groups -OCH3 is 1. The maximum Gasteiger partial charge on any atom is 0.410 e. The van der Waals surface area contributed by atoms with Gasteiger partial charge in [-0.1, -0.05) is 0 Å². The van der Waals surface area contributed by atoms with Crippen molar-refractivity contribution in [3.63, 3.8) is 0 Å². The fourth-order valence-corrected chi connectivity index (χ4v) is 2.77. The Hall–Kier alpha value is -1.26. The standard InChI is InChI=1S/C12H19NO4/c1-12(2)7-9-6-8(10(14)16-3)4-5-13(9)11(15)17-12/h8-9H,4-7H2,1-3H3. The summed E-state index contributed by atoms with van der Waals surface area (Å²) < 4.78 is 10.1. The molecule has 2 atom stereocenters. The highest BCUT2D eigenvalue weighted by Gasteiger charge is 2.44. The minimum absolute atomic E-state index is 0.0806. The maximum atomic E-state index is 11.8. The molecule has 0 aliphatic carbocycles. The third-order valence-corrected chi connectivity index (χ3v) is 3.58. The minimum Gasteiger partial charge on any atom is -0.469 e. The summed E-state index contributed by atoms with van der Waals surface area (Å²) in [7, 11) is 1.41. The predicted molar refractivity (Wildman–Crippen MR) is 60.4 cm³/mol. The Morgan fingerprint density at radius 3 is 2.88 bits per heavy atom. The van der Waals surface area contributed by atoms with Crippen molar-refractivity contribution in [1.82, 2.24) is 4.90 Å². The van der Waals surface area contributed by atoms with Gasteiger partial charge in [0.05, 0.1) is 13.0 Å². The number of esters is 1. The molecule has 2 unspecified atom stereocenters. The minimum atomic E-state index is -0.434. The first-order valence-corrected chi connectivity index (χ1v) is 6.00. The molecule has 0 saturated carbocycles. The second-order valence-electron chi connectivity index (χ2n) is 5.42. The van der Waals surface area contributed by atoms with Gasteiger partial charge in [-0.2, -0.15) is 0 Å². The Labute approximate surface area is 101 Å². The number of carbonyl (C=O) groups excluding carboxylic acids is 2. The van der Waals surface area contributed by atoms with Crippen molar-refractivity contribution in [2.24, 2.45) is 5.92 Å². The molecule has 5 heteroatoms. The van der Waals surface area contributed by atoms with E-state index in [0.717, 1.165) is 6.42 Å². The molecule has 0 spiro atoms. The Balaban J connectivity index is 2.08. The van der Waals surface area contributed by atoms with E-state index in [0.29, 0.717) is 19.4 Å². The van der Waals surface area contributed by atoms with Gasteiger partial charge in [0.25, 0.3) is 0 Å². The lowest BCUT2D eigenvalue weighted by molar-refractivity contribution is -0.149. The van der Waals surface area contributed by atoms with E-state index in [1.165, 1.54) is 7.11 Å². The van der Waals surface area contributed by atoms with Crippen molar-refractivity contribution >= 4 is 12.1 Å². The summed E-state index contributed by atoms with van der Waals surface area (Å²) in [5.41, 5.74) is -0.434. The molecule has 0 radical (unpaired) electrons. The Morgan fingerprint density at radius 2 is 2.24 bits per heavy atom. The van der Waals surface area contributed by atoms with Gasteiger partial charge >= 0.3 is 12.1 Å². The zero-order valence-corrected chi connectivity index (χ0v) is 10.6. The molecule has 0 aromatic rings. The first kappa shape index (κ1) is 12.2. The molecule has 2 rings (SSSR count). The van der Waals surface area contributed by atoms with Crippen LogP contribution in [0, 0.1) is 5.92 Å². The third-order valence-electron chi connectivity index (χ3n) is 3.58. The van der Waals surface area contributed by atoms with Crippen LogP contribution in [-0.2, 0) is 14.3 Å². The Bertz CT molecular complexity index is 339. The largest absolute Gasteiger partial charge is 0.469 e. The van der Waals surface area contributed by atoms with Crippen LogP contribution in [-0.4, -0.2) is 42.3 Å². The van der Waals surface area contributed by atoms with Crippen LogP contribution < -0.4 is 0 Å². The predicted octanol–water partition coefficient (Wildman–Crippen LogP) is 1.56. The van der Waals surface area contributed by atoms with Crippen molar-refractivity contribution in [2.75, 3.05) is 13.7 Å². The zero-order chi connectivity index (χ0) is 12.6. The van der Waals surface area contributed by atoms with Crippen LogP contribution in [0.1, 0.15) is 33.1 Å². The number of carbonyl (C=O) groups is 2. The molecular weight excluding hydrogens is 222 g/mol. The topological polar surface area (TPSA) is 55.8 Å². The summed E-state index contributed by atoms with van der Waals surface area (Å²) >= 11 is 0. The number of nitrogens with zero attached hydrogens (tertiary/aromatic N) is 1. The number of cyclic esters (lactones) is 1. The second-order valence-corrected chi connectivity index (χ2v) is 5.42. The zero-order valence-electron chi connectivity index (χ0n) is 10.6. The SMILES string of the molecule is COC(=O)C1CCN2C(=O)OC(C)(C)CC2C1. The van der Waals surface area contributed by atoms with Crippen molar-refractivity contribution in [2.45, 2.75) is 44.8 Å². The third kappa shape index (κ3) is 2.37. The first-order valence-electron chi connectivity index (χ1n) is 6.00. The summed E-state index contributed by atoms with van der Waals surface area (Å²) in [5, 5.41) is 0. The summed E-state index contributed by atoms with van der Waals surface area (Å²) in [5.74, 6) is -0.246. The van der Waals surface area contributed by atoms with Crippen LogP contribution in [0.5, 0.6) is 0 Å². The van der Waals surface area contributed by atoms with Crippen molar-refractivity contribution in [3.05, 3.63) is 0 Å². The summed E-state index contributed by atoms with van der Waals surface area (Å²) in [4.78, 5) is 25.0. The average Bonchev–Trinajstić information content (AvgIpc) is 2.25. The van der Waals surface area contributed by atoms with E-state index in [1.807, 2.05) is 13.8 Å². The van der Waals surface area contributed by atoms with Gasteiger partial charge in [0.15, 0.2) is 0 Å². The molecule has 0 N–H and O–H groups in total. The van der Waals surface area contributed by atoms with Crippen LogP contribution in [0.15, 0.2) is 0 Å². The van der Waals surface area contributed by atoms with E-state index in [4.69, 9.17) is 9.47 Å². The van der Waals surface area contributed by atoms with E-state index in [9.17, 15) is 9.59 Å². The van der Waals surface area contributed by atoms with E-state index in [-0.39, 0.29) is 24.0 Å². The van der Waals surface area contributed by atoms with Crippen LogP contribution in [0.25, 0.3) is 0 Å². The maximum absolute atomic E-state index is 11.8. The molecule has 96 valence electrons. The van der Waals surface area contributed by atoms with Crippen molar-refractivity contribution < 1.29 is 19.1 Å². The van der Waals surface area contributed by atoms with E-state index >= 15 is 0 Å². The fraction of sp³-hybridized carbons (Fsp3) is 0.833. The summed E-state index contributed by atoms with van der Waals surface area (Å²) in [6.07, 6.45) is 1.87. The van der Waals surface area contributed by atoms with E-state index in [2.05, 4.69) is 0 Å². The van der Waals surface area contributed by atoms with E-state index < -0.39 is 5.60 Å². The monoisotopic (exact) mass is 241 g/mol. The molecule has 2 heterocycles. The number of ether oxygens (including phenoxy) is 2. The highest BCUT2D eigenvalue weighted by Crippen LogP contribution is 2.35. The molecule has 1 amide bonds. The second kappa shape index (κ2) is 4.20. The molecule has 0 aromatic carbocycles. The highest BCUT2D eigenvalue weighted by atomic mass is 16.6. The number of rotatable bonds is 1. The van der Waals surface area contributed by atoms with Crippen LogP contribution >= 0.6 is 0 Å². The van der Waals surface area contributed by atoms with Gasteiger partial charge in [0.2, 0.25) is 0 Å². The lowest BCUT2D eigenvalue weighted by Crippen LogP contribution is -2.56. The molecule has 5 nitrogen and oxygen atoms in total. The molecule has 2 saturated heterocycles. The highest BCUT2D eigenvalue weighted by molar-refractivity contribution is 5.74. The molecule has 2 fully saturated rings. The Morgan fingerprint density at radius 1 is 1.53 bits per heavy atom. The van der Waals surface area contributed by atoms with Crippen LogP contribution in [0.4, 0.5) is 4.79 Å². The number of piperidine rings is 1. The molecule has 17 heavy (non-hydrogen) atoms. The normalized spacial score (nSPS) is 31.5. The van der Waals surface area contributed by atoms with Crippen LogP contribution in [0.3, 0.4) is 0 Å². The average molecular weight is 241 g/mol.